The standard InChI is InChI=1S/C44H47N9O5.C26H26N6O4.C18H23N3O3.CH3F/c1-5-53-36(21-32(50-53)27-15-16-27)46-42-39-30-19-23(2)29(38-24(3)51-58-25(38)4)20-33(30)45-41(39)48-40(49-42)35(54)14-9-7-6-8-11-26-12-10-13-28-31(26)22-52(44(28)57)34-17-18-37(55)47-43(34)56;1-5-32-16(8-19(30-32)15-6-7-15)9-21-24-17-11-22(34-4)18(23-13(2)31-36-14(23)3)10-20(17)27-25(24)29-26(28-21)35-12-33;19-10-3-1-2-5-12-6-4-7-13-14(12)11-21(18(13)24)15-8-9-16(22)20-17(15)23;1-2/h10,12-13,19-21,27,34H,5-9,11,14-18,22H2,1-4H3,(H,47,55,56)(H2,45,46,48,49);8,10-12,15H,5-7,9H2,1-4H3,(H,27,28,29);4,6-7,15H,1-3,5,8-11,19H2,(H,20,22,23);1H3/i;;;1D. The fraction of sp³-hybridized carbons (Fsp3) is 0.416. The van der Waals surface area contributed by atoms with Crippen molar-refractivity contribution in [1.29, 1.82) is 0 Å². The number of benzene rings is 4. The molecular formula is C89H99FN18O12. The maximum Gasteiger partial charge on any atom is 0.326 e. The zero-order chi connectivity index (χ0) is 85.0. The molecule has 120 heavy (non-hydrogen) atoms. The minimum absolute atomic E-state index is 0.00180. The second-order valence-electron chi connectivity index (χ2n) is 31.6. The summed E-state index contributed by atoms with van der Waals surface area (Å²) in [5.74, 6) is 3.03. The maximum absolute atomic E-state index is 13.8. The number of aromatic amines is 2. The van der Waals surface area contributed by atoms with Gasteiger partial charge in [-0.3, -0.25) is 58.1 Å². The smallest absolute Gasteiger partial charge is 0.326 e. The number of ether oxygens (including phenoxy) is 2. The first-order chi connectivity index (χ1) is 58.6. The summed E-state index contributed by atoms with van der Waals surface area (Å²) in [6.07, 6.45) is 14.9. The van der Waals surface area contributed by atoms with Crippen LogP contribution in [0.15, 0.2) is 81.8 Å². The number of amides is 6. The number of aryl methyl sites for hydroxylation is 9. The first kappa shape index (κ1) is 81.1. The van der Waals surface area contributed by atoms with E-state index in [0.717, 1.165) is 194 Å². The Morgan fingerprint density at radius 3 is 1.73 bits per heavy atom. The van der Waals surface area contributed by atoms with E-state index in [4.69, 9.17) is 45.8 Å². The molecule has 4 aliphatic heterocycles. The summed E-state index contributed by atoms with van der Waals surface area (Å²) in [6.45, 7) is 17.2. The summed E-state index contributed by atoms with van der Waals surface area (Å²) in [4.78, 5) is 127. The van der Waals surface area contributed by atoms with Gasteiger partial charge in [0.1, 0.15) is 52.3 Å². The van der Waals surface area contributed by atoms with Gasteiger partial charge in [0.15, 0.2) is 11.6 Å². The van der Waals surface area contributed by atoms with E-state index in [1.54, 1.807) is 16.9 Å². The lowest BCUT2D eigenvalue weighted by atomic mass is 9.97. The van der Waals surface area contributed by atoms with Crippen molar-refractivity contribution in [1.82, 2.24) is 80.2 Å². The average molecular weight is 1630 g/mol. The van der Waals surface area contributed by atoms with Gasteiger partial charge < -0.3 is 49.3 Å². The Kier molecular flexibility index (Phi) is 24.0. The number of fused-ring (bicyclic) bond motifs is 8. The van der Waals surface area contributed by atoms with E-state index in [1.807, 2.05) is 79.5 Å². The molecule has 4 fully saturated rings. The zero-order valence-electron chi connectivity index (χ0n) is 69.7. The van der Waals surface area contributed by atoms with Gasteiger partial charge in [0.2, 0.25) is 23.6 Å². The van der Waals surface area contributed by atoms with Gasteiger partial charge >= 0.3 is 12.5 Å². The van der Waals surface area contributed by atoms with Gasteiger partial charge in [-0.25, -0.2) is 14.6 Å². The number of H-pyrrole nitrogens is 2. The largest absolute Gasteiger partial charge is 0.496 e. The third-order valence-electron chi connectivity index (χ3n) is 23.6. The van der Waals surface area contributed by atoms with Gasteiger partial charge in [-0.15, -0.1) is 0 Å². The number of aromatic nitrogens is 12. The second-order valence-corrected chi connectivity index (χ2v) is 31.6. The van der Waals surface area contributed by atoms with Gasteiger partial charge in [-0.05, 0) is 208 Å². The molecule has 31 heteroatoms. The molecule has 2 aliphatic carbocycles. The predicted octanol–water partition coefficient (Wildman–Crippen LogP) is 14.0. The van der Waals surface area contributed by atoms with Crippen molar-refractivity contribution in [2.75, 3.05) is 26.1 Å². The molecule has 6 aliphatic rings. The number of carbonyl (C=O) groups excluding carboxylic acids is 8. The Balaban J connectivity index is 0.000000153. The fourth-order valence-corrected chi connectivity index (χ4v) is 17.2. The first-order valence-corrected chi connectivity index (χ1v) is 41.3. The normalized spacial score (nSPS) is 16.4. The van der Waals surface area contributed by atoms with Gasteiger partial charge in [0.25, 0.3) is 11.8 Å². The Bertz CT molecular complexity index is 5990. The van der Waals surface area contributed by atoms with Crippen LogP contribution in [0.5, 0.6) is 11.8 Å². The number of unbranched alkanes of at least 4 members (excludes halogenated alkanes) is 5. The van der Waals surface area contributed by atoms with Crippen LogP contribution in [-0.4, -0.2) is 150 Å². The van der Waals surface area contributed by atoms with Crippen molar-refractivity contribution < 1.29 is 62.6 Å². The van der Waals surface area contributed by atoms with Crippen LogP contribution >= 0.6 is 0 Å². The topological polar surface area (TPSA) is 394 Å². The van der Waals surface area contributed by atoms with Crippen molar-refractivity contribution >= 4 is 103 Å². The quantitative estimate of drug-likeness (QED) is 0.0115. The highest BCUT2D eigenvalue weighted by atomic mass is 19.1. The number of anilines is 2. The number of methoxy groups -OCH3 is 1. The third-order valence-corrected chi connectivity index (χ3v) is 23.6. The molecule has 0 bridgehead atoms. The van der Waals surface area contributed by atoms with E-state index in [0.29, 0.717) is 116 Å². The number of ketones is 1. The average Bonchev–Trinajstić information content (AvgIpc) is 1.61. The van der Waals surface area contributed by atoms with E-state index >= 15 is 0 Å². The van der Waals surface area contributed by atoms with E-state index < -0.39 is 25.1 Å². The van der Waals surface area contributed by atoms with Crippen LogP contribution in [0.4, 0.5) is 16.0 Å². The number of nitrogens with one attached hydrogen (secondary N) is 5. The Labute approximate surface area is 692 Å². The number of halogens is 1. The molecule has 12 aromatic rings. The van der Waals surface area contributed by atoms with Crippen LogP contribution < -0.4 is 31.2 Å². The highest BCUT2D eigenvalue weighted by molar-refractivity contribution is 6.14. The van der Waals surface area contributed by atoms with Crippen LogP contribution in [0.2, 0.25) is 0 Å². The number of nitrogens with zero attached hydrogens (tertiary/aromatic N) is 12. The molecule has 6 amide bonds. The minimum Gasteiger partial charge on any atom is -0.496 e. The number of alkyl halides is 1. The molecule has 2 unspecified atom stereocenters. The molecular weight excluding hydrogens is 1530 g/mol. The number of hydrogen-bond donors (Lipinski definition) is 6. The molecule has 4 aromatic carbocycles. The van der Waals surface area contributed by atoms with Crippen molar-refractivity contribution in [3.05, 3.63) is 163 Å². The predicted molar refractivity (Wildman–Crippen MR) is 446 cm³/mol. The fourth-order valence-electron chi connectivity index (χ4n) is 17.2. The monoisotopic (exact) mass is 1630 g/mol. The summed E-state index contributed by atoms with van der Waals surface area (Å²) in [6, 6.07) is 22.9. The molecule has 7 N–H and O–H groups in total. The number of nitrogens with two attached hydrogens (primary N) is 1. The summed E-state index contributed by atoms with van der Waals surface area (Å²) in [5.41, 5.74) is 24.4. The SMILES string of the molecule is CCn1nc(C2CC2)cc1Cc1nc(OC=O)nc2[nH]c3cc(-c4c(C)noc4C)c(OC)cc3c12.CCn1nc(C2CC2)cc1Nc1nc(C(=O)CCCCCCc2cccc3c2CN(C2CCC(=O)NC2=O)C3=O)nc2[nH]c3cc(-c4c(C)noc4C)c(C)cc3c12.NCCCCCc1cccc2c1CN(C1CCC(=O)NC1=O)C2=O.[2H]CF. The minimum atomic E-state index is -1.00. The Hall–Kier alpha value is -12.7. The summed E-state index contributed by atoms with van der Waals surface area (Å²) >= 11 is 0. The molecule has 2 saturated carbocycles. The molecule has 2 atom stereocenters. The van der Waals surface area contributed by atoms with Crippen molar-refractivity contribution in [3.63, 3.8) is 0 Å². The number of Topliss-reactive ketones (excluding diaryl/α,β-unsaturated/α-hetero) is 1. The number of carbonyl (C=O) groups is 8. The molecule has 12 heterocycles. The number of piperidine rings is 2. The Morgan fingerprint density at radius 1 is 0.642 bits per heavy atom. The third kappa shape index (κ3) is 16.8. The van der Waals surface area contributed by atoms with Crippen LogP contribution in [-0.2, 0) is 69.4 Å². The van der Waals surface area contributed by atoms with Crippen molar-refractivity contribution in [2.24, 2.45) is 5.73 Å². The van der Waals surface area contributed by atoms with Gasteiger partial charge in [-0.2, -0.15) is 20.2 Å². The highest BCUT2D eigenvalue weighted by Gasteiger charge is 2.42. The molecule has 0 spiro atoms. The number of hydrogen-bond acceptors (Lipinski definition) is 22. The van der Waals surface area contributed by atoms with Crippen LogP contribution in [0.3, 0.4) is 0 Å². The lowest BCUT2D eigenvalue weighted by Crippen LogP contribution is -2.52. The molecule has 8 aromatic heterocycles. The van der Waals surface area contributed by atoms with Crippen LogP contribution in [0, 0.1) is 34.6 Å². The van der Waals surface area contributed by atoms with Gasteiger partial charge in [0, 0.05) is 125 Å². The lowest BCUT2D eigenvalue weighted by Gasteiger charge is -2.29. The van der Waals surface area contributed by atoms with Crippen LogP contribution in [0.25, 0.3) is 66.1 Å². The van der Waals surface area contributed by atoms with E-state index in [2.05, 4.69) is 97.3 Å². The maximum atomic E-state index is 13.8. The summed E-state index contributed by atoms with van der Waals surface area (Å²) in [7, 11) is 0.643. The van der Waals surface area contributed by atoms with Crippen molar-refractivity contribution in [2.45, 2.75) is 221 Å². The highest BCUT2D eigenvalue weighted by Crippen LogP contribution is 2.45. The summed E-state index contributed by atoms with van der Waals surface area (Å²) < 4.78 is 41.2. The molecule has 2 saturated heterocycles. The molecule has 30 nitrogen and oxygen atoms in total. The number of imide groups is 2. The van der Waals surface area contributed by atoms with E-state index in [9.17, 15) is 42.7 Å². The second kappa shape index (κ2) is 35.5. The van der Waals surface area contributed by atoms with Crippen molar-refractivity contribution in [3.8, 4) is 34.0 Å². The van der Waals surface area contributed by atoms with Crippen LogP contribution in [0.1, 0.15) is 235 Å². The molecule has 0 radical (unpaired) electrons. The first-order valence-electron chi connectivity index (χ1n) is 42.0. The number of rotatable bonds is 28. The Morgan fingerprint density at radius 2 is 1.18 bits per heavy atom. The summed E-state index contributed by atoms with van der Waals surface area (Å²) in [5, 5.41) is 29.7. The van der Waals surface area contributed by atoms with E-state index in [-0.39, 0.29) is 60.0 Å². The molecule has 624 valence electrons. The lowest BCUT2D eigenvalue weighted by molar-refractivity contribution is -0.138. The van der Waals surface area contributed by atoms with Gasteiger partial charge in [0.05, 0.1) is 55.1 Å². The zero-order valence-corrected chi connectivity index (χ0v) is 68.7. The molecule has 18 rings (SSSR count). The van der Waals surface area contributed by atoms with Gasteiger partial charge in [-0.1, -0.05) is 53.8 Å². The van der Waals surface area contributed by atoms with E-state index in [1.165, 1.54) is 18.4 Å².